The zero-order chi connectivity index (χ0) is 17.3. The van der Waals surface area contributed by atoms with Crippen LogP contribution in [0, 0.1) is 0 Å². The smallest absolute Gasteiger partial charge is 0.303 e. The summed E-state index contributed by atoms with van der Waals surface area (Å²) in [6.07, 6.45) is -1.22. The Bertz CT molecular complexity index is 375. The van der Waals surface area contributed by atoms with Gasteiger partial charge in [-0.05, 0) is 13.8 Å². The minimum Gasteiger partial charge on any atom is -0.481 e. The summed E-state index contributed by atoms with van der Waals surface area (Å²) in [7, 11) is 0. The van der Waals surface area contributed by atoms with Crippen LogP contribution in [0.15, 0.2) is 0 Å². The molecule has 0 aromatic carbocycles. The van der Waals surface area contributed by atoms with Gasteiger partial charge in [-0.25, -0.2) is 0 Å². The van der Waals surface area contributed by atoms with Gasteiger partial charge in [-0.1, -0.05) is 0 Å². The highest BCUT2D eigenvalue weighted by molar-refractivity contribution is 5.66. The number of carboxylic acid groups (broad SMARTS) is 1. The molecule has 0 radical (unpaired) electrons. The van der Waals surface area contributed by atoms with E-state index in [0.717, 1.165) is 6.92 Å². The first-order chi connectivity index (χ1) is 10.1. The standard InChI is InChI=1S/C12H20O6.C2H4O2/c1-7(2)16-12-11(18-9(4)14)5-10(6-15-12)17-8(3)13;1-2(3)4/h7,10-12H,5-6H2,1-4H3;1H3,(H,3,4)/t10-,11-,12+;/m0./s1. The number of rotatable bonds is 4. The lowest BCUT2D eigenvalue weighted by Gasteiger charge is -2.35. The maximum Gasteiger partial charge on any atom is 0.303 e. The van der Waals surface area contributed by atoms with Crippen molar-refractivity contribution in [1.29, 1.82) is 0 Å². The normalized spacial score (nSPS) is 24.0. The molecule has 128 valence electrons. The van der Waals surface area contributed by atoms with Crippen LogP contribution in [0.2, 0.25) is 0 Å². The number of hydrogen-bond donors (Lipinski definition) is 1. The SMILES string of the molecule is CC(=O)O.CC(=O)O[C@@H]1CO[C@H](OC(C)C)[C@@H](OC(C)=O)C1. The van der Waals surface area contributed by atoms with Crippen LogP contribution in [-0.2, 0) is 33.3 Å². The van der Waals surface area contributed by atoms with E-state index in [1.54, 1.807) is 0 Å². The summed E-state index contributed by atoms with van der Waals surface area (Å²) in [4.78, 5) is 30.9. The minimum absolute atomic E-state index is 0.0432. The van der Waals surface area contributed by atoms with Gasteiger partial charge in [-0.15, -0.1) is 0 Å². The highest BCUT2D eigenvalue weighted by Crippen LogP contribution is 2.22. The van der Waals surface area contributed by atoms with E-state index >= 15 is 0 Å². The average molecular weight is 320 g/mol. The second-order valence-corrected chi connectivity index (χ2v) is 5.02. The van der Waals surface area contributed by atoms with Gasteiger partial charge in [-0.3, -0.25) is 14.4 Å². The van der Waals surface area contributed by atoms with Crippen LogP contribution < -0.4 is 0 Å². The summed E-state index contributed by atoms with van der Waals surface area (Å²) in [5, 5.41) is 7.42. The summed E-state index contributed by atoms with van der Waals surface area (Å²) >= 11 is 0. The molecular formula is C14H24O8. The van der Waals surface area contributed by atoms with Crippen LogP contribution in [0.3, 0.4) is 0 Å². The van der Waals surface area contributed by atoms with Crippen molar-refractivity contribution in [3.63, 3.8) is 0 Å². The van der Waals surface area contributed by atoms with Gasteiger partial charge in [0.05, 0.1) is 12.7 Å². The molecule has 0 saturated carbocycles. The summed E-state index contributed by atoms with van der Waals surface area (Å²) in [5.74, 6) is -1.63. The second-order valence-electron chi connectivity index (χ2n) is 5.02. The van der Waals surface area contributed by atoms with Crippen molar-refractivity contribution in [2.75, 3.05) is 6.61 Å². The largest absolute Gasteiger partial charge is 0.481 e. The highest BCUT2D eigenvalue weighted by atomic mass is 16.7. The molecule has 0 aromatic rings. The Hall–Kier alpha value is -1.67. The van der Waals surface area contributed by atoms with Crippen LogP contribution in [0.1, 0.15) is 41.0 Å². The van der Waals surface area contributed by atoms with Crippen molar-refractivity contribution >= 4 is 17.9 Å². The Morgan fingerprint density at radius 3 is 2.00 bits per heavy atom. The Morgan fingerprint density at radius 1 is 1.09 bits per heavy atom. The lowest BCUT2D eigenvalue weighted by molar-refractivity contribution is -0.256. The van der Waals surface area contributed by atoms with Gasteiger partial charge in [-0.2, -0.15) is 0 Å². The first-order valence-corrected chi connectivity index (χ1v) is 6.92. The maximum absolute atomic E-state index is 11.0. The number of esters is 2. The Labute approximate surface area is 129 Å². The molecule has 0 bridgehead atoms. The third kappa shape index (κ3) is 10.1. The highest BCUT2D eigenvalue weighted by Gasteiger charge is 2.36. The van der Waals surface area contributed by atoms with E-state index in [1.165, 1.54) is 13.8 Å². The summed E-state index contributed by atoms with van der Waals surface area (Å²) in [6.45, 7) is 7.72. The molecule has 8 heteroatoms. The van der Waals surface area contributed by atoms with Gasteiger partial charge >= 0.3 is 11.9 Å². The van der Waals surface area contributed by atoms with Gasteiger partial charge in [0.2, 0.25) is 0 Å². The van der Waals surface area contributed by atoms with E-state index in [-0.39, 0.29) is 18.7 Å². The molecule has 1 rings (SSSR count). The fourth-order valence-electron chi connectivity index (χ4n) is 1.78. The van der Waals surface area contributed by atoms with E-state index in [4.69, 9.17) is 28.8 Å². The van der Waals surface area contributed by atoms with Crippen molar-refractivity contribution in [2.24, 2.45) is 0 Å². The predicted molar refractivity (Wildman–Crippen MR) is 75.0 cm³/mol. The molecule has 1 heterocycles. The molecule has 0 aromatic heterocycles. The van der Waals surface area contributed by atoms with Crippen LogP contribution in [0.4, 0.5) is 0 Å². The topological polar surface area (TPSA) is 108 Å². The zero-order valence-corrected chi connectivity index (χ0v) is 13.5. The fraction of sp³-hybridized carbons (Fsp3) is 0.786. The van der Waals surface area contributed by atoms with Crippen LogP contribution in [0.5, 0.6) is 0 Å². The van der Waals surface area contributed by atoms with Crippen molar-refractivity contribution < 1.29 is 38.4 Å². The van der Waals surface area contributed by atoms with E-state index < -0.39 is 30.4 Å². The number of carbonyl (C=O) groups is 3. The summed E-state index contributed by atoms with van der Waals surface area (Å²) in [5.41, 5.74) is 0. The lowest BCUT2D eigenvalue weighted by atomic mass is 10.1. The third-order valence-electron chi connectivity index (χ3n) is 2.30. The van der Waals surface area contributed by atoms with Gasteiger partial charge in [0, 0.05) is 27.2 Å². The van der Waals surface area contributed by atoms with Gasteiger partial charge in [0.1, 0.15) is 6.10 Å². The van der Waals surface area contributed by atoms with Crippen LogP contribution >= 0.6 is 0 Å². The number of hydrogen-bond acceptors (Lipinski definition) is 7. The molecule has 0 spiro atoms. The Balaban J connectivity index is 0.000000980. The fourth-order valence-corrected chi connectivity index (χ4v) is 1.78. The van der Waals surface area contributed by atoms with E-state index in [0.29, 0.717) is 6.42 Å². The molecular weight excluding hydrogens is 296 g/mol. The first-order valence-electron chi connectivity index (χ1n) is 6.92. The molecule has 22 heavy (non-hydrogen) atoms. The molecule has 1 saturated heterocycles. The monoisotopic (exact) mass is 320 g/mol. The first kappa shape index (κ1) is 20.3. The Morgan fingerprint density at radius 2 is 1.59 bits per heavy atom. The quantitative estimate of drug-likeness (QED) is 0.767. The van der Waals surface area contributed by atoms with Crippen LogP contribution in [0.25, 0.3) is 0 Å². The molecule has 1 fully saturated rings. The van der Waals surface area contributed by atoms with Gasteiger partial charge in [0.15, 0.2) is 12.4 Å². The van der Waals surface area contributed by atoms with Crippen molar-refractivity contribution in [1.82, 2.24) is 0 Å². The van der Waals surface area contributed by atoms with E-state index in [9.17, 15) is 9.59 Å². The molecule has 0 aliphatic carbocycles. The minimum atomic E-state index is -0.833. The van der Waals surface area contributed by atoms with E-state index in [2.05, 4.69) is 0 Å². The number of aliphatic carboxylic acids is 1. The summed E-state index contributed by atoms with van der Waals surface area (Å²) in [6, 6.07) is 0. The number of carboxylic acids is 1. The molecule has 0 unspecified atom stereocenters. The van der Waals surface area contributed by atoms with Crippen molar-refractivity contribution in [3.05, 3.63) is 0 Å². The summed E-state index contributed by atoms with van der Waals surface area (Å²) < 4.78 is 21.1. The van der Waals surface area contributed by atoms with Crippen molar-refractivity contribution in [2.45, 2.75) is 65.6 Å². The third-order valence-corrected chi connectivity index (χ3v) is 2.30. The number of ether oxygens (including phenoxy) is 4. The zero-order valence-electron chi connectivity index (χ0n) is 13.5. The van der Waals surface area contributed by atoms with Gasteiger partial charge in [0.25, 0.3) is 5.97 Å². The molecule has 0 amide bonds. The molecule has 1 aliphatic heterocycles. The molecule has 1 N–H and O–H groups in total. The molecule has 3 atom stereocenters. The number of carbonyl (C=O) groups excluding carboxylic acids is 2. The second kappa shape index (κ2) is 10.1. The maximum atomic E-state index is 11.0. The van der Waals surface area contributed by atoms with Crippen molar-refractivity contribution in [3.8, 4) is 0 Å². The molecule has 8 nitrogen and oxygen atoms in total. The average Bonchev–Trinajstić information content (AvgIpc) is 2.29. The van der Waals surface area contributed by atoms with Crippen LogP contribution in [-0.4, -0.2) is 54.2 Å². The molecule has 1 aliphatic rings. The predicted octanol–water partition coefficient (Wildman–Crippen LogP) is 1.11. The lowest BCUT2D eigenvalue weighted by Crippen LogP contribution is -2.46. The Kier molecular flexibility index (Phi) is 9.35. The van der Waals surface area contributed by atoms with Gasteiger partial charge < -0.3 is 24.1 Å². The van der Waals surface area contributed by atoms with E-state index in [1.807, 2.05) is 13.8 Å².